The number of hydrogen-bond acceptors (Lipinski definition) is 0. The summed E-state index contributed by atoms with van der Waals surface area (Å²) in [4.78, 5) is 0. The summed E-state index contributed by atoms with van der Waals surface area (Å²) in [6, 6.07) is 26.0. The molecule has 0 bridgehead atoms. The molecule has 0 saturated heterocycles. The molecule has 26 heavy (non-hydrogen) atoms. The SMILES string of the molecule is C1=Cc2c(ccc3ccccc23)C1.C1=Cc2ccc3ccccc3c2C1. The Balaban J connectivity index is 0.000000115. The third-order valence-electron chi connectivity index (χ3n) is 5.38. The molecule has 2 aliphatic rings. The van der Waals surface area contributed by atoms with Crippen molar-refractivity contribution in [2.45, 2.75) is 12.8 Å². The van der Waals surface area contributed by atoms with Crippen LogP contribution in [0, 0.1) is 0 Å². The van der Waals surface area contributed by atoms with Gasteiger partial charge in [0.25, 0.3) is 0 Å². The van der Waals surface area contributed by atoms with Crippen molar-refractivity contribution >= 4 is 33.7 Å². The van der Waals surface area contributed by atoms with E-state index in [1.807, 2.05) is 0 Å². The number of fused-ring (bicyclic) bond motifs is 6. The molecule has 0 heterocycles. The molecule has 4 aromatic carbocycles. The van der Waals surface area contributed by atoms with Crippen molar-refractivity contribution in [1.29, 1.82) is 0 Å². The van der Waals surface area contributed by atoms with E-state index < -0.39 is 0 Å². The minimum absolute atomic E-state index is 1.09. The first-order chi connectivity index (χ1) is 12.9. The van der Waals surface area contributed by atoms with Gasteiger partial charge in [0.1, 0.15) is 0 Å². The second-order valence-corrected chi connectivity index (χ2v) is 6.93. The molecular weight excluding hydrogens is 312 g/mol. The highest BCUT2D eigenvalue weighted by atomic mass is 14.1. The maximum atomic E-state index is 2.23. The van der Waals surface area contributed by atoms with Gasteiger partial charge >= 0.3 is 0 Å². The predicted molar refractivity (Wildman–Crippen MR) is 113 cm³/mol. The zero-order chi connectivity index (χ0) is 17.3. The van der Waals surface area contributed by atoms with Gasteiger partial charge < -0.3 is 0 Å². The summed E-state index contributed by atoms with van der Waals surface area (Å²) in [7, 11) is 0. The van der Waals surface area contributed by atoms with E-state index in [1.54, 1.807) is 0 Å². The molecule has 124 valence electrons. The van der Waals surface area contributed by atoms with Crippen LogP contribution in [0.3, 0.4) is 0 Å². The Hall–Kier alpha value is -3.12. The lowest BCUT2D eigenvalue weighted by Gasteiger charge is -2.03. The van der Waals surface area contributed by atoms with Gasteiger partial charge in [-0.25, -0.2) is 0 Å². The van der Waals surface area contributed by atoms with Crippen molar-refractivity contribution < 1.29 is 0 Å². The third-order valence-corrected chi connectivity index (χ3v) is 5.38. The smallest absolute Gasteiger partial charge is 0.00820 e. The van der Waals surface area contributed by atoms with Gasteiger partial charge in [-0.05, 0) is 56.6 Å². The largest absolute Gasteiger partial charge is 0.0795 e. The maximum Gasteiger partial charge on any atom is -0.00820 e. The van der Waals surface area contributed by atoms with Crippen LogP contribution in [0.15, 0.2) is 84.9 Å². The molecule has 0 nitrogen and oxygen atoms in total. The van der Waals surface area contributed by atoms with Gasteiger partial charge in [0.15, 0.2) is 0 Å². The van der Waals surface area contributed by atoms with Crippen LogP contribution in [0.2, 0.25) is 0 Å². The molecule has 4 aromatic rings. The van der Waals surface area contributed by atoms with Crippen LogP contribution in [0.25, 0.3) is 33.7 Å². The summed E-state index contributed by atoms with van der Waals surface area (Å²) in [5, 5.41) is 5.48. The lowest BCUT2D eigenvalue weighted by Crippen LogP contribution is -1.83. The summed E-state index contributed by atoms with van der Waals surface area (Å²) in [5.74, 6) is 0. The number of hydrogen-bond donors (Lipinski definition) is 0. The van der Waals surface area contributed by atoms with Crippen LogP contribution >= 0.6 is 0 Å². The first-order valence-corrected chi connectivity index (χ1v) is 9.24. The van der Waals surface area contributed by atoms with Gasteiger partial charge in [0.2, 0.25) is 0 Å². The normalized spacial score (nSPS) is 13.5. The van der Waals surface area contributed by atoms with E-state index in [2.05, 4.69) is 97.1 Å². The fraction of sp³-hybridized carbons (Fsp3) is 0.0769. The quantitative estimate of drug-likeness (QED) is 0.331. The molecule has 0 atom stereocenters. The molecule has 0 fully saturated rings. The molecule has 0 saturated carbocycles. The Morgan fingerprint density at radius 3 is 2.12 bits per heavy atom. The van der Waals surface area contributed by atoms with E-state index in [0.717, 1.165) is 12.8 Å². The van der Waals surface area contributed by atoms with Crippen LogP contribution < -0.4 is 0 Å². The van der Waals surface area contributed by atoms with Gasteiger partial charge in [-0.1, -0.05) is 97.1 Å². The average molecular weight is 332 g/mol. The van der Waals surface area contributed by atoms with Gasteiger partial charge in [-0.15, -0.1) is 0 Å². The lowest BCUT2D eigenvalue weighted by molar-refractivity contribution is 1.32. The Bertz CT molecular complexity index is 1180. The first-order valence-electron chi connectivity index (χ1n) is 9.24. The number of allylic oxidation sites excluding steroid dienone is 2. The Kier molecular flexibility index (Phi) is 3.68. The van der Waals surface area contributed by atoms with Crippen molar-refractivity contribution in [2.24, 2.45) is 0 Å². The van der Waals surface area contributed by atoms with Crippen molar-refractivity contribution in [1.82, 2.24) is 0 Å². The summed E-state index contributed by atoms with van der Waals surface area (Å²) >= 11 is 0. The van der Waals surface area contributed by atoms with E-state index in [0.29, 0.717) is 0 Å². The molecule has 0 aromatic heterocycles. The van der Waals surface area contributed by atoms with Crippen LogP contribution in [-0.2, 0) is 12.8 Å². The van der Waals surface area contributed by atoms with Crippen LogP contribution in [0.1, 0.15) is 22.3 Å². The second-order valence-electron chi connectivity index (χ2n) is 6.93. The van der Waals surface area contributed by atoms with Crippen LogP contribution in [0.4, 0.5) is 0 Å². The molecule has 0 heteroatoms. The fourth-order valence-electron chi connectivity index (χ4n) is 4.06. The van der Waals surface area contributed by atoms with E-state index in [4.69, 9.17) is 0 Å². The molecule has 0 aliphatic heterocycles. The van der Waals surface area contributed by atoms with E-state index >= 15 is 0 Å². The highest BCUT2D eigenvalue weighted by molar-refractivity contribution is 5.93. The molecule has 0 spiro atoms. The lowest BCUT2D eigenvalue weighted by atomic mass is 10.0. The van der Waals surface area contributed by atoms with Crippen LogP contribution in [-0.4, -0.2) is 0 Å². The highest BCUT2D eigenvalue weighted by Crippen LogP contribution is 2.28. The van der Waals surface area contributed by atoms with E-state index in [-0.39, 0.29) is 0 Å². The molecule has 0 unspecified atom stereocenters. The molecule has 2 aliphatic carbocycles. The fourth-order valence-corrected chi connectivity index (χ4v) is 4.06. The predicted octanol–water partition coefficient (Wildman–Crippen LogP) is 6.82. The van der Waals surface area contributed by atoms with E-state index in [9.17, 15) is 0 Å². The summed E-state index contributed by atoms with van der Waals surface area (Å²) < 4.78 is 0. The van der Waals surface area contributed by atoms with Crippen LogP contribution in [0.5, 0.6) is 0 Å². The molecule has 6 rings (SSSR count). The highest BCUT2D eigenvalue weighted by Gasteiger charge is 2.08. The molecular formula is C26H20. The van der Waals surface area contributed by atoms with Gasteiger partial charge in [-0.2, -0.15) is 0 Å². The Morgan fingerprint density at radius 1 is 0.538 bits per heavy atom. The van der Waals surface area contributed by atoms with Crippen molar-refractivity contribution in [3.05, 3.63) is 107 Å². The van der Waals surface area contributed by atoms with Crippen molar-refractivity contribution in [3.8, 4) is 0 Å². The topological polar surface area (TPSA) is 0 Å². The molecule has 0 amide bonds. The second kappa shape index (κ2) is 6.31. The first kappa shape index (κ1) is 15.2. The zero-order valence-electron chi connectivity index (χ0n) is 14.7. The standard InChI is InChI=1S/2C13H10/c2*1-2-6-12-10(4-1)8-9-11-5-3-7-13(11)12/h1-4,6-9H,5H2;1-6,8-9H,7H2. The summed E-state index contributed by atoms with van der Waals surface area (Å²) in [6.45, 7) is 0. The van der Waals surface area contributed by atoms with E-state index in [1.165, 1.54) is 43.8 Å². The summed E-state index contributed by atoms with van der Waals surface area (Å²) in [5.41, 5.74) is 5.74. The third kappa shape index (κ3) is 2.55. The van der Waals surface area contributed by atoms with Gasteiger partial charge in [0.05, 0.1) is 0 Å². The maximum absolute atomic E-state index is 2.23. The minimum Gasteiger partial charge on any atom is -0.0795 e. The zero-order valence-corrected chi connectivity index (χ0v) is 14.7. The van der Waals surface area contributed by atoms with Gasteiger partial charge in [-0.3, -0.25) is 0 Å². The van der Waals surface area contributed by atoms with Crippen molar-refractivity contribution in [2.75, 3.05) is 0 Å². The number of benzene rings is 4. The Morgan fingerprint density at radius 2 is 1.23 bits per heavy atom. The van der Waals surface area contributed by atoms with Gasteiger partial charge in [0, 0.05) is 0 Å². The Labute approximate surface area is 154 Å². The molecule has 0 N–H and O–H groups in total. The minimum atomic E-state index is 1.09. The monoisotopic (exact) mass is 332 g/mol. The van der Waals surface area contributed by atoms with Crippen molar-refractivity contribution in [3.63, 3.8) is 0 Å². The average Bonchev–Trinajstić information content (AvgIpc) is 3.38. The number of rotatable bonds is 0. The molecule has 0 radical (unpaired) electrons. The summed E-state index contributed by atoms with van der Waals surface area (Å²) in [6.07, 6.45) is 11.1.